The van der Waals surface area contributed by atoms with Crippen LogP contribution in [-0.2, 0) is 14.3 Å². The number of esters is 1. The molecular weight excluding hydrogens is 244 g/mol. The summed E-state index contributed by atoms with van der Waals surface area (Å²) in [6.45, 7) is 5.40. The number of carbonyl (C=O) groups is 2. The summed E-state index contributed by atoms with van der Waals surface area (Å²) in [7, 11) is 0. The molecule has 0 aliphatic heterocycles. The van der Waals surface area contributed by atoms with Gasteiger partial charge in [-0.1, -0.05) is 29.8 Å². The summed E-state index contributed by atoms with van der Waals surface area (Å²) in [5.41, 5.74) is 1.76. The van der Waals surface area contributed by atoms with Gasteiger partial charge in [0.2, 0.25) is 0 Å². The predicted molar refractivity (Wildman–Crippen MR) is 71.6 cm³/mol. The second kappa shape index (κ2) is 7.04. The van der Waals surface area contributed by atoms with E-state index in [1.54, 1.807) is 26.0 Å². The monoisotopic (exact) mass is 264 g/mol. The average Bonchev–Trinajstić information content (AvgIpc) is 2.27. The molecular formula is C15H20O4. The Hall–Kier alpha value is -1.68. The lowest BCUT2D eigenvalue weighted by atomic mass is 10.0. The zero-order valence-corrected chi connectivity index (χ0v) is 11.6. The molecule has 4 nitrogen and oxygen atoms in total. The lowest BCUT2D eigenvalue weighted by molar-refractivity contribution is -0.149. The molecule has 104 valence electrons. The normalized spacial score (nSPS) is 12.3. The number of aliphatic hydroxyl groups is 1. The fraction of sp³-hybridized carbons (Fsp3) is 0.467. The van der Waals surface area contributed by atoms with Gasteiger partial charge in [-0.15, -0.1) is 0 Å². The van der Waals surface area contributed by atoms with E-state index in [4.69, 9.17) is 4.74 Å². The van der Waals surface area contributed by atoms with Crippen LogP contribution >= 0.6 is 0 Å². The molecule has 1 atom stereocenters. The molecule has 0 aliphatic rings. The summed E-state index contributed by atoms with van der Waals surface area (Å²) in [6, 6.07) is 7.30. The van der Waals surface area contributed by atoms with E-state index in [0.29, 0.717) is 5.56 Å². The number of benzene rings is 1. The minimum atomic E-state index is -0.875. The number of rotatable bonds is 6. The van der Waals surface area contributed by atoms with Crippen molar-refractivity contribution in [2.45, 2.75) is 45.8 Å². The quantitative estimate of drug-likeness (QED) is 0.632. The molecule has 1 N–H and O–H groups in total. The predicted octanol–water partition coefficient (Wildman–Crippen LogP) is 2.33. The van der Waals surface area contributed by atoms with Gasteiger partial charge in [-0.05, 0) is 26.3 Å². The second-order valence-corrected chi connectivity index (χ2v) is 4.88. The fourth-order valence-electron chi connectivity index (χ4n) is 1.66. The number of ketones is 1. The molecule has 1 aromatic rings. The molecule has 0 spiro atoms. The summed E-state index contributed by atoms with van der Waals surface area (Å²) in [6.07, 6.45) is -1.47. The molecule has 1 rings (SSSR count). The SMILES string of the molecule is Cc1ccc([C@H](O)CC(=O)CC(=O)OC(C)C)cc1. The van der Waals surface area contributed by atoms with Crippen molar-refractivity contribution in [2.75, 3.05) is 0 Å². The largest absolute Gasteiger partial charge is 0.463 e. The Morgan fingerprint density at radius 2 is 1.79 bits per heavy atom. The van der Waals surface area contributed by atoms with Crippen molar-refractivity contribution in [1.82, 2.24) is 0 Å². The molecule has 0 amide bonds. The number of hydrogen-bond acceptors (Lipinski definition) is 4. The van der Waals surface area contributed by atoms with Gasteiger partial charge in [-0.2, -0.15) is 0 Å². The molecule has 0 heterocycles. The van der Waals surface area contributed by atoms with E-state index < -0.39 is 12.1 Å². The van der Waals surface area contributed by atoms with Crippen molar-refractivity contribution in [3.8, 4) is 0 Å². The van der Waals surface area contributed by atoms with Crippen LogP contribution in [0.5, 0.6) is 0 Å². The third kappa shape index (κ3) is 5.66. The fourth-order valence-corrected chi connectivity index (χ4v) is 1.66. The van der Waals surface area contributed by atoms with Crippen LogP contribution in [-0.4, -0.2) is 23.0 Å². The molecule has 1 aromatic carbocycles. The summed E-state index contributed by atoms with van der Waals surface area (Å²) in [4.78, 5) is 22.9. The maximum absolute atomic E-state index is 11.6. The molecule has 0 saturated heterocycles. The van der Waals surface area contributed by atoms with Crippen LogP contribution in [0.15, 0.2) is 24.3 Å². The highest BCUT2D eigenvalue weighted by atomic mass is 16.5. The van der Waals surface area contributed by atoms with Crippen molar-refractivity contribution >= 4 is 11.8 Å². The van der Waals surface area contributed by atoms with Gasteiger partial charge in [-0.25, -0.2) is 0 Å². The highest BCUT2D eigenvalue weighted by Crippen LogP contribution is 2.18. The Balaban J connectivity index is 2.48. The van der Waals surface area contributed by atoms with Crippen LogP contribution in [0, 0.1) is 6.92 Å². The molecule has 19 heavy (non-hydrogen) atoms. The van der Waals surface area contributed by atoms with Gasteiger partial charge >= 0.3 is 5.97 Å². The van der Waals surface area contributed by atoms with Gasteiger partial charge in [0.15, 0.2) is 0 Å². The Kier molecular flexibility index (Phi) is 5.70. The van der Waals surface area contributed by atoms with Gasteiger partial charge in [0.05, 0.1) is 12.2 Å². The average molecular weight is 264 g/mol. The van der Waals surface area contributed by atoms with Gasteiger partial charge in [0, 0.05) is 6.42 Å². The zero-order chi connectivity index (χ0) is 14.4. The summed E-state index contributed by atoms with van der Waals surface area (Å²) < 4.78 is 4.88. The maximum atomic E-state index is 11.6. The lowest BCUT2D eigenvalue weighted by Gasteiger charge is -2.11. The maximum Gasteiger partial charge on any atom is 0.313 e. The van der Waals surface area contributed by atoms with E-state index in [1.807, 2.05) is 19.1 Å². The van der Waals surface area contributed by atoms with E-state index in [-0.39, 0.29) is 24.7 Å². The van der Waals surface area contributed by atoms with Gasteiger partial charge in [-0.3, -0.25) is 9.59 Å². The first-order valence-electron chi connectivity index (χ1n) is 6.34. The van der Waals surface area contributed by atoms with Gasteiger partial charge < -0.3 is 9.84 Å². The van der Waals surface area contributed by atoms with Crippen LogP contribution < -0.4 is 0 Å². The van der Waals surface area contributed by atoms with E-state index in [1.165, 1.54) is 0 Å². The Morgan fingerprint density at radius 3 is 2.32 bits per heavy atom. The molecule has 0 fully saturated rings. The first kappa shape index (κ1) is 15.4. The van der Waals surface area contributed by atoms with E-state index in [9.17, 15) is 14.7 Å². The van der Waals surface area contributed by atoms with Crippen molar-refractivity contribution in [1.29, 1.82) is 0 Å². The molecule has 0 aliphatic carbocycles. The van der Waals surface area contributed by atoms with Crippen LogP contribution in [0.2, 0.25) is 0 Å². The van der Waals surface area contributed by atoms with Crippen molar-refractivity contribution in [3.05, 3.63) is 35.4 Å². The Bertz CT molecular complexity index is 434. The number of aliphatic hydroxyl groups excluding tert-OH is 1. The molecule has 0 saturated carbocycles. The zero-order valence-electron chi connectivity index (χ0n) is 11.6. The molecule has 0 unspecified atom stereocenters. The first-order valence-corrected chi connectivity index (χ1v) is 6.34. The lowest BCUT2D eigenvalue weighted by Crippen LogP contribution is -2.17. The van der Waals surface area contributed by atoms with E-state index in [0.717, 1.165) is 5.56 Å². The Morgan fingerprint density at radius 1 is 1.21 bits per heavy atom. The minimum Gasteiger partial charge on any atom is -0.463 e. The first-order chi connectivity index (χ1) is 8.88. The highest BCUT2D eigenvalue weighted by molar-refractivity contribution is 5.95. The molecule has 4 heteroatoms. The number of aryl methyl sites for hydroxylation is 1. The van der Waals surface area contributed by atoms with Crippen molar-refractivity contribution < 1.29 is 19.4 Å². The van der Waals surface area contributed by atoms with Crippen LogP contribution in [0.3, 0.4) is 0 Å². The highest BCUT2D eigenvalue weighted by Gasteiger charge is 2.17. The summed E-state index contributed by atoms with van der Waals surface area (Å²) in [5, 5.41) is 9.90. The standard InChI is InChI=1S/C15H20O4/c1-10(2)19-15(18)9-13(16)8-14(17)12-6-4-11(3)5-7-12/h4-7,10,14,17H,8-9H2,1-3H3/t14-/m1/s1. The topological polar surface area (TPSA) is 63.6 Å². The van der Waals surface area contributed by atoms with E-state index >= 15 is 0 Å². The van der Waals surface area contributed by atoms with Crippen molar-refractivity contribution in [3.63, 3.8) is 0 Å². The van der Waals surface area contributed by atoms with Gasteiger partial charge in [0.1, 0.15) is 12.2 Å². The molecule has 0 radical (unpaired) electrons. The summed E-state index contributed by atoms with van der Waals surface area (Å²) in [5.74, 6) is -0.866. The minimum absolute atomic E-state index is 0.0732. The summed E-state index contributed by atoms with van der Waals surface area (Å²) >= 11 is 0. The van der Waals surface area contributed by atoms with Gasteiger partial charge in [0.25, 0.3) is 0 Å². The number of hydrogen-bond donors (Lipinski definition) is 1. The van der Waals surface area contributed by atoms with Crippen LogP contribution in [0.1, 0.15) is 43.9 Å². The second-order valence-electron chi connectivity index (χ2n) is 4.88. The Labute approximate surface area is 113 Å². The van der Waals surface area contributed by atoms with Crippen LogP contribution in [0.4, 0.5) is 0 Å². The number of carbonyl (C=O) groups excluding carboxylic acids is 2. The number of Topliss-reactive ketones (excluding diaryl/α,β-unsaturated/α-hetero) is 1. The third-order valence-electron chi connectivity index (χ3n) is 2.59. The number of ether oxygens (including phenoxy) is 1. The third-order valence-corrected chi connectivity index (χ3v) is 2.59. The molecule has 0 aromatic heterocycles. The molecule has 0 bridgehead atoms. The van der Waals surface area contributed by atoms with E-state index in [2.05, 4.69) is 0 Å². The smallest absolute Gasteiger partial charge is 0.313 e. The van der Waals surface area contributed by atoms with Crippen LogP contribution in [0.25, 0.3) is 0 Å². The van der Waals surface area contributed by atoms with Crippen molar-refractivity contribution in [2.24, 2.45) is 0 Å².